The van der Waals surface area contributed by atoms with E-state index < -0.39 is 0 Å². The van der Waals surface area contributed by atoms with Gasteiger partial charge in [0.05, 0.1) is 12.2 Å². The number of hydrogen-bond acceptors (Lipinski definition) is 1. The summed E-state index contributed by atoms with van der Waals surface area (Å²) in [6.45, 7) is 4.62. The SMILES string of the molecule is CC(C)CC1CCC2CC1O2. The lowest BCUT2D eigenvalue weighted by atomic mass is 9.76. The lowest BCUT2D eigenvalue weighted by molar-refractivity contribution is -0.188. The Balaban J connectivity index is 1.83. The zero-order valence-electron chi connectivity index (χ0n) is 7.55. The Hall–Kier alpha value is -0.0400. The minimum absolute atomic E-state index is 0.649. The maximum absolute atomic E-state index is 5.69. The Morgan fingerprint density at radius 3 is 2.55 bits per heavy atom. The summed E-state index contributed by atoms with van der Waals surface area (Å²) in [5, 5.41) is 0. The van der Waals surface area contributed by atoms with Gasteiger partial charge in [-0.25, -0.2) is 0 Å². The van der Waals surface area contributed by atoms with Crippen molar-refractivity contribution >= 4 is 0 Å². The number of fused-ring (bicyclic) bond motifs is 2. The van der Waals surface area contributed by atoms with Crippen molar-refractivity contribution in [2.45, 2.75) is 51.7 Å². The van der Waals surface area contributed by atoms with Crippen LogP contribution in [0.3, 0.4) is 0 Å². The molecule has 2 aliphatic heterocycles. The van der Waals surface area contributed by atoms with E-state index in [1.807, 2.05) is 0 Å². The van der Waals surface area contributed by atoms with Crippen LogP contribution in [-0.2, 0) is 4.74 Å². The van der Waals surface area contributed by atoms with Gasteiger partial charge >= 0.3 is 0 Å². The topological polar surface area (TPSA) is 9.23 Å². The Morgan fingerprint density at radius 1 is 1.36 bits per heavy atom. The van der Waals surface area contributed by atoms with Gasteiger partial charge in [-0.3, -0.25) is 0 Å². The maximum atomic E-state index is 5.69. The fraction of sp³-hybridized carbons (Fsp3) is 1.00. The second kappa shape index (κ2) is 2.78. The van der Waals surface area contributed by atoms with E-state index in [0.29, 0.717) is 12.2 Å². The molecule has 0 aromatic rings. The molecule has 64 valence electrons. The van der Waals surface area contributed by atoms with Gasteiger partial charge in [-0.2, -0.15) is 0 Å². The summed E-state index contributed by atoms with van der Waals surface area (Å²) in [7, 11) is 0. The number of hydrogen-bond donors (Lipinski definition) is 0. The molecule has 3 rings (SSSR count). The predicted molar refractivity (Wildman–Crippen MR) is 45.5 cm³/mol. The normalized spacial score (nSPS) is 42.3. The summed E-state index contributed by atoms with van der Waals surface area (Å²) < 4.78 is 5.69. The van der Waals surface area contributed by atoms with Crippen molar-refractivity contribution in [3.05, 3.63) is 0 Å². The Bertz CT molecular complexity index is 133. The summed E-state index contributed by atoms with van der Waals surface area (Å²) in [4.78, 5) is 0. The molecule has 1 saturated carbocycles. The summed E-state index contributed by atoms with van der Waals surface area (Å²) in [5.74, 6) is 1.74. The first kappa shape index (κ1) is 7.60. The fourth-order valence-corrected chi connectivity index (χ4v) is 2.45. The van der Waals surface area contributed by atoms with Gasteiger partial charge in [0.15, 0.2) is 0 Å². The first-order valence-corrected chi connectivity index (χ1v) is 4.91. The lowest BCUT2D eigenvalue weighted by Gasteiger charge is -2.47. The van der Waals surface area contributed by atoms with E-state index >= 15 is 0 Å². The van der Waals surface area contributed by atoms with Crippen LogP contribution in [0.25, 0.3) is 0 Å². The van der Waals surface area contributed by atoms with Crippen LogP contribution in [0.1, 0.15) is 39.5 Å². The van der Waals surface area contributed by atoms with Crippen LogP contribution < -0.4 is 0 Å². The molecule has 11 heavy (non-hydrogen) atoms. The van der Waals surface area contributed by atoms with Crippen LogP contribution in [0.15, 0.2) is 0 Å². The van der Waals surface area contributed by atoms with Crippen LogP contribution in [0.5, 0.6) is 0 Å². The summed E-state index contributed by atoms with van der Waals surface area (Å²) >= 11 is 0. The molecule has 0 radical (unpaired) electrons. The number of ether oxygens (including phenoxy) is 1. The Labute approximate surface area is 69.1 Å². The summed E-state index contributed by atoms with van der Waals surface area (Å²) in [6.07, 6.45) is 6.79. The molecule has 3 unspecified atom stereocenters. The van der Waals surface area contributed by atoms with Gasteiger partial charge in [-0.1, -0.05) is 13.8 Å². The highest BCUT2D eigenvalue weighted by molar-refractivity contribution is 4.89. The van der Waals surface area contributed by atoms with Gasteiger partial charge in [-0.05, 0) is 31.1 Å². The summed E-state index contributed by atoms with van der Waals surface area (Å²) in [5.41, 5.74) is 0. The predicted octanol–water partition coefficient (Wildman–Crippen LogP) is 2.60. The van der Waals surface area contributed by atoms with Crippen molar-refractivity contribution < 1.29 is 4.74 Å². The van der Waals surface area contributed by atoms with Gasteiger partial charge < -0.3 is 4.74 Å². The molecular formula is C10H18O. The molecule has 3 atom stereocenters. The monoisotopic (exact) mass is 154 g/mol. The third-order valence-electron chi connectivity index (χ3n) is 3.02. The second-order valence-corrected chi connectivity index (χ2v) is 4.50. The van der Waals surface area contributed by atoms with Crippen molar-refractivity contribution in [2.24, 2.45) is 11.8 Å². The largest absolute Gasteiger partial charge is 0.375 e. The van der Waals surface area contributed by atoms with Crippen LogP contribution in [0.4, 0.5) is 0 Å². The third-order valence-corrected chi connectivity index (χ3v) is 3.02. The van der Waals surface area contributed by atoms with E-state index in [2.05, 4.69) is 13.8 Å². The highest BCUT2D eigenvalue weighted by Crippen LogP contribution is 2.41. The zero-order valence-corrected chi connectivity index (χ0v) is 7.55. The van der Waals surface area contributed by atoms with Gasteiger partial charge in [0.1, 0.15) is 0 Å². The zero-order chi connectivity index (χ0) is 7.84. The maximum Gasteiger partial charge on any atom is 0.0631 e. The highest BCUT2D eigenvalue weighted by Gasteiger charge is 2.40. The van der Waals surface area contributed by atoms with E-state index in [0.717, 1.165) is 11.8 Å². The molecule has 1 nitrogen and oxygen atoms in total. The molecule has 1 aliphatic carbocycles. The van der Waals surface area contributed by atoms with Crippen molar-refractivity contribution in [1.82, 2.24) is 0 Å². The molecule has 0 amide bonds. The first-order valence-electron chi connectivity index (χ1n) is 4.91. The molecule has 0 N–H and O–H groups in total. The average Bonchev–Trinajstić information content (AvgIpc) is 1.83. The van der Waals surface area contributed by atoms with E-state index in [1.165, 1.54) is 25.7 Å². The molecule has 0 spiro atoms. The average molecular weight is 154 g/mol. The van der Waals surface area contributed by atoms with Crippen LogP contribution in [0, 0.1) is 11.8 Å². The lowest BCUT2D eigenvalue weighted by Crippen LogP contribution is -2.47. The van der Waals surface area contributed by atoms with Gasteiger partial charge in [0, 0.05) is 6.42 Å². The van der Waals surface area contributed by atoms with E-state index in [9.17, 15) is 0 Å². The Kier molecular flexibility index (Phi) is 1.92. The molecule has 0 aromatic heterocycles. The smallest absolute Gasteiger partial charge is 0.0631 e. The molecule has 1 heteroatoms. The standard InChI is InChI=1S/C10H18O/c1-7(2)5-8-3-4-9-6-10(8)11-9/h7-10H,3-6H2,1-2H3. The van der Waals surface area contributed by atoms with Crippen molar-refractivity contribution in [3.8, 4) is 0 Å². The van der Waals surface area contributed by atoms with E-state index in [4.69, 9.17) is 4.74 Å². The third kappa shape index (κ3) is 1.44. The molecule has 2 heterocycles. The highest BCUT2D eigenvalue weighted by atomic mass is 16.5. The van der Waals surface area contributed by atoms with Crippen LogP contribution in [0.2, 0.25) is 0 Å². The van der Waals surface area contributed by atoms with E-state index in [1.54, 1.807) is 0 Å². The summed E-state index contributed by atoms with van der Waals surface area (Å²) in [6, 6.07) is 0. The minimum atomic E-state index is 0.649. The molecule has 3 fully saturated rings. The molecule has 0 aromatic carbocycles. The van der Waals surface area contributed by atoms with Crippen molar-refractivity contribution in [3.63, 3.8) is 0 Å². The fourth-order valence-electron chi connectivity index (χ4n) is 2.45. The van der Waals surface area contributed by atoms with Crippen molar-refractivity contribution in [1.29, 1.82) is 0 Å². The molecular weight excluding hydrogens is 136 g/mol. The minimum Gasteiger partial charge on any atom is -0.375 e. The molecule has 2 saturated heterocycles. The quantitative estimate of drug-likeness (QED) is 0.594. The Morgan fingerprint density at radius 2 is 2.09 bits per heavy atom. The van der Waals surface area contributed by atoms with Crippen LogP contribution in [-0.4, -0.2) is 12.2 Å². The molecule has 2 bridgehead atoms. The van der Waals surface area contributed by atoms with E-state index in [-0.39, 0.29) is 0 Å². The van der Waals surface area contributed by atoms with Crippen molar-refractivity contribution in [2.75, 3.05) is 0 Å². The second-order valence-electron chi connectivity index (χ2n) is 4.50. The van der Waals surface area contributed by atoms with Gasteiger partial charge in [0.2, 0.25) is 0 Å². The molecule has 3 aliphatic rings. The number of rotatable bonds is 2. The van der Waals surface area contributed by atoms with Crippen LogP contribution >= 0.6 is 0 Å². The van der Waals surface area contributed by atoms with Gasteiger partial charge in [0.25, 0.3) is 0 Å². The first-order chi connectivity index (χ1) is 5.25. The van der Waals surface area contributed by atoms with Gasteiger partial charge in [-0.15, -0.1) is 0 Å².